The summed E-state index contributed by atoms with van der Waals surface area (Å²) < 4.78 is 5.45. The first kappa shape index (κ1) is 12.3. The number of nitrogens with zero attached hydrogens (tertiary/aromatic N) is 1. The third kappa shape index (κ3) is 3.44. The summed E-state index contributed by atoms with van der Waals surface area (Å²) in [5, 5.41) is 3.70. The maximum Gasteiger partial charge on any atom is 0.0622 e. The quantitative estimate of drug-likeness (QED) is 0.712. The summed E-state index contributed by atoms with van der Waals surface area (Å²) >= 11 is 0. The molecule has 0 amide bonds. The van der Waals surface area contributed by atoms with Gasteiger partial charge >= 0.3 is 0 Å². The average Bonchev–Trinajstić information content (AvgIpc) is 2.98. The van der Waals surface area contributed by atoms with E-state index >= 15 is 0 Å². The van der Waals surface area contributed by atoms with Crippen LogP contribution in [-0.2, 0) is 4.74 Å². The van der Waals surface area contributed by atoms with Crippen LogP contribution < -0.4 is 5.32 Å². The Morgan fingerprint density at radius 2 is 2.19 bits per heavy atom. The molecule has 1 aliphatic heterocycles. The van der Waals surface area contributed by atoms with Gasteiger partial charge in [0, 0.05) is 25.2 Å². The van der Waals surface area contributed by atoms with Crippen LogP contribution in [0.3, 0.4) is 0 Å². The largest absolute Gasteiger partial charge is 0.380 e. The number of hydrogen-bond donors (Lipinski definition) is 1. The van der Waals surface area contributed by atoms with Crippen molar-refractivity contribution in [2.75, 3.05) is 33.4 Å². The highest BCUT2D eigenvalue weighted by atomic mass is 16.5. The third-order valence-corrected chi connectivity index (χ3v) is 3.86. The lowest BCUT2D eigenvalue weighted by Gasteiger charge is -2.28. The van der Waals surface area contributed by atoms with E-state index in [9.17, 15) is 0 Å². The smallest absolute Gasteiger partial charge is 0.0622 e. The SMILES string of the molecule is CCCNC(CN(C)C1CCOC1)C1CC1. The molecule has 0 aromatic rings. The Labute approximate surface area is 99.5 Å². The Bertz CT molecular complexity index is 200. The predicted octanol–water partition coefficient (Wildman–Crippen LogP) is 1.49. The van der Waals surface area contributed by atoms with Gasteiger partial charge in [-0.15, -0.1) is 0 Å². The first-order valence-corrected chi connectivity index (χ1v) is 6.82. The van der Waals surface area contributed by atoms with Crippen molar-refractivity contribution in [2.24, 2.45) is 5.92 Å². The number of rotatable bonds is 7. The predicted molar refractivity (Wildman–Crippen MR) is 66.7 cm³/mol. The van der Waals surface area contributed by atoms with E-state index < -0.39 is 0 Å². The molecule has 0 aromatic heterocycles. The highest BCUT2D eigenvalue weighted by molar-refractivity contribution is 4.89. The van der Waals surface area contributed by atoms with Gasteiger partial charge in [0.15, 0.2) is 0 Å². The molecule has 0 radical (unpaired) electrons. The summed E-state index contributed by atoms with van der Waals surface area (Å²) in [6.07, 6.45) is 5.30. The topological polar surface area (TPSA) is 24.5 Å². The molecular formula is C13H26N2O. The number of likely N-dealkylation sites (N-methyl/N-ethyl adjacent to an activating group) is 1. The van der Waals surface area contributed by atoms with Gasteiger partial charge in [0.25, 0.3) is 0 Å². The fourth-order valence-corrected chi connectivity index (χ4v) is 2.54. The van der Waals surface area contributed by atoms with Crippen LogP contribution in [0.1, 0.15) is 32.6 Å². The molecule has 2 rings (SSSR count). The van der Waals surface area contributed by atoms with Gasteiger partial charge < -0.3 is 10.1 Å². The number of hydrogen-bond acceptors (Lipinski definition) is 3. The molecule has 3 heteroatoms. The minimum Gasteiger partial charge on any atom is -0.380 e. The standard InChI is InChI=1S/C13H26N2O/c1-3-7-14-13(11-4-5-11)9-15(2)12-6-8-16-10-12/h11-14H,3-10H2,1-2H3. The molecule has 0 bridgehead atoms. The molecule has 0 aromatic carbocycles. The van der Waals surface area contributed by atoms with Gasteiger partial charge in [-0.3, -0.25) is 4.90 Å². The maximum absolute atomic E-state index is 5.45. The lowest BCUT2D eigenvalue weighted by Crippen LogP contribution is -2.45. The Kier molecular flexibility index (Phi) is 4.62. The molecule has 2 fully saturated rings. The van der Waals surface area contributed by atoms with Gasteiger partial charge in [0.2, 0.25) is 0 Å². The molecule has 2 atom stereocenters. The van der Waals surface area contributed by atoms with Crippen molar-refractivity contribution in [3.63, 3.8) is 0 Å². The second kappa shape index (κ2) is 5.99. The minimum absolute atomic E-state index is 0.657. The summed E-state index contributed by atoms with van der Waals surface area (Å²) in [6.45, 7) is 6.48. The molecule has 1 N–H and O–H groups in total. The molecule has 94 valence electrons. The van der Waals surface area contributed by atoms with E-state index in [1.807, 2.05) is 0 Å². The molecule has 1 saturated heterocycles. The zero-order valence-electron chi connectivity index (χ0n) is 10.7. The van der Waals surface area contributed by atoms with Crippen molar-refractivity contribution in [1.82, 2.24) is 10.2 Å². The highest BCUT2D eigenvalue weighted by Crippen LogP contribution is 2.33. The Morgan fingerprint density at radius 1 is 1.38 bits per heavy atom. The summed E-state index contributed by atoms with van der Waals surface area (Å²) in [5.41, 5.74) is 0. The van der Waals surface area contributed by atoms with E-state index in [1.165, 1.54) is 32.2 Å². The van der Waals surface area contributed by atoms with E-state index in [4.69, 9.17) is 4.74 Å². The maximum atomic E-state index is 5.45. The fourth-order valence-electron chi connectivity index (χ4n) is 2.54. The van der Waals surface area contributed by atoms with Gasteiger partial charge in [-0.25, -0.2) is 0 Å². The van der Waals surface area contributed by atoms with Crippen molar-refractivity contribution in [3.05, 3.63) is 0 Å². The highest BCUT2D eigenvalue weighted by Gasteiger charge is 2.32. The molecule has 2 unspecified atom stereocenters. The molecule has 3 nitrogen and oxygen atoms in total. The molecule has 1 heterocycles. The van der Waals surface area contributed by atoms with E-state index in [2.05, 4.69) is 24.2 Å². The Morgan fingerprint density at radius 3 is 2.75 bits per heavy atom. The lowest BCUT2D eigenvalue weighted by atomic mass is 10.1. The summed E-state index contributed by atoms with van der Waals surface area (Å²) in [4.78, 5) is 2.50. The first-order chi connectivity index (χ1) is 7.81. The van der Waals surface area contributed by atoms with Crippen LogP contribution in [0.25, 0.3) is 0 Å². The van der Waals surface area contributed by atoms with Gasteiger partial charge in [-0.05, 0) is 45.2 Å². The van der Waals surface area contributed by atoms with Crippen LogP contribution >= 0.6 is 0 Å². The van der Waals surface area contributed by atoms with Crippen LogP contribution in [0.4, 0.5) is 0 Å². The van der Waals surface area contributed by atoms with Gasteiger partial charge in [-0.2, -0.15) is 0 Å². The van der Waals surface area contributed by atoms with Crippen molar-refractivity contribution in [2.45, 2.75) is 44.7 Å². The van der Waals surface area contributed by atoms with E-state index in [-0.39, 0.29) is 0 Å². The fraction of sp³-hybridized carbons (Fsp3) is 1.00. The summed E-state index contributed by atoms with van der Waals surface area (Å²) in [6, 6.07) is 1.37. The van der Waals surface area contributed by atoms with Crippen molar-refractivity contribution in [1.29, 1.82) is 0 Å². The minimum atomic E-state index is 0.657. The van der Waals surface area contributed by atoms with Crippen LogP contribution in [0.5, 0.6) is 0 Å². The van der Waals surface area contributed by atoms with Crippen molar-refractivity contribution < 1.29 is 4.74 Å². The van der Waals surface area contributed by atoms with Gasteiger partial charge in [0.1, 0.15) is 0 Å². The Hall–Kier alpha value is -0.120. The second-order valence-electron chi connectivity index (χ2n) is 5.36. The van der Waals surface area contributed by atoms with Crippen molar-refractivity contribution >= 4 is 0 Å². The Balaban J connectivity index is 1.74. The molecule has 16 heavy (non-hydrogen) atoms. The van der Waals surface area contributed by atoms with E-state index in [0.29, 0.717) is 12.1 Å². The molecule has 2 aliphatic rings. The molecule has 1 saturated carbocycles. The first-order valence-electron chi connectivity index (χ1n) is 6.82. The second-order valence-corrected chi connectivity index (χ2v) is 5.36. The average molecular weight is 226 g/mol. The summed E-state index contributed by atoms with van der Waals surface area (Å²) in [7, 11) is 2.25. The molecular weight excluding hydrogens is 200 g/mol. The third-order valence-electron chi connectivity index (χ3n) is 3.86. The number of ether oxygens (including phenoxy) is 1. The van der Waals surface area contributed by atoms with Crippen LogP contribution in [-0.4, -0.2) is 50.3 Å². The van der Waals surface area contributed by atoms with Crippen LogP contribution in [0.2, 0.25) is 0 Å². The lowest BCUT2D eigenvalue weighted by molar-refractivity contribution is 0.150. The van der Waals surface area contributed by atoms with E-state index in [0.717, 1.165) is 25.7 Å². The molecule has 0 spiro atoms. The summed E-state index contributed by atoms with van der Waals surface area (Å²) in [5.74, 6) is 0.941. The van der Waals surface area contributed by atoms with Crippen LogP contribution in [0.15, 0.2) is 0 Å². The zero-order valence-corrected chi connectivity index (χ0v) is 10.7. The van der Waals surface area contributed by atoms with Crippen molar-refractivity contribution in [3.8, 4) is 0 Å². The van der Waals surface area contributed by atoms with Gasteiger partial charge in [-0.1, -0.05) is 6.92 Å². The van der Waals surface area contributed by atoms with Gasteiger partial charge in [0.05, 0.1) is 6.61 Å². The molecule has 1 aliphatic carbocycles. The normalized spacial score (nSPS) is 27.6. The number of nitrogens with one attached hydrogen (secondary N) is 1. The zero-order chi connectivity index (χ0) is 11.4. The van der Waals surface area contributed by atoms with Crippen LogP contribution in [0, 0.1) is 5.92 Å². The monoisotopic (exact) mass is 226 g/mol. The van der Waals surface area contributed by atoms with E-state index in [1.54, 1.807) is 0 Å².